The van der Waals surface area contributed by atoms with Crippen LogP contribution in [0, 0.1) is 5.92 Å². The Morgan fingerprint density at radius 3 is 2.50 bits per heavy atom. The van der Waals surface area contributed by atoms with Crippen molar-refractivity contribution in [2.75, 3.05) is 6.54 Å². The van der Waals surface area contributed by atoms with Gasteiger partial charge in [-0.15, -0.1) is 6.58 Å². The SMILES string of the molecule is C=CCNC(C)(C(=O)O)C(C)C. The average Bonchev–Trinajstić information content (AvgIpc) is 1.99. The van der Waals surface area contributed by atoms with Gasteiger partial charge in [-0.1, -0.05) is 19.9 Å². The van der Waals surface area contributed by atoms with Gasteiger partial charge in [-0.2, -0.15) is 0 Å². The Morgan fingerprint density at radius 1 is 1.75 bits per heavy atom. The van der Waals surface area contributed by atoms with Crippen LogP contribution < -0.4 is 5.32 Å². The number of hydrogen-bond acceptors (Lipinski definition) is 2. The summed E-state index contributed by atoms with van der Waals surface area (Å²) in [4.78, 5) is 10.9. The van der Waals surface area contributed by atoms with Crippen molar-refractivity contribution in [2.24, 2.45) is 5.92 Å². The standard InChI is InChI=1S/C9H17NO2/c1-5-6-10-9(4,7(2)3)8(11)12/h5,7,10H,1,6H2,2-4H3,(H,11,12). The van der Waals surface area contributed by atoms with E-state index >= 15 is 0 Å². The maximum Gasteiger partial charge on any atom is 0.323 e. The second kappa shape index (κ2) is 4.26. The molecular formula is C9H17NO2. The molecule has 3 heteroatoms. The van der Waals surface area contributed by atoms with Gasteiger partial charge in [0, 0.05) is 6.54 Å². The van der Waals surface area contributed by atoms with Crippen molar-refractivity contribution in [1.29, 1.82) is 0 Å². The highest BCUT2D eigenvalue weighted by atomic mass is 16.4. The van der Waals surface area contributed by atoms with E-state index in [1.807, 2.05) is 13.8 Å². The predicted molar refractivity (Wildman–Crippen MR) is 49.1 cm³/mol. The first kappa shape index (κ1) is 11.2. The molecule has 0 fully saturated rings. The second-order valence-corrected chi connectivity index (χ2v) is 3.33. The molecule has 0 saturated carbocycles. The monoisotopic (exact) mass is 171 g/mol. The average molecular weight is 171 g/mol. The minimum absolute atomic E-state index is 0.0509. The lowest BCUT2D eigenvalue weighted by Crippen LogP contribution is -2.53. The summed E-state index contributed by atoms with van der Waals surface area (Å²) in [5.74, 6) is -0.769. The quantitative estimate of drug-likeness (QED) is 0.612. The first-order valence-electron chi connectivity index (χ1n) is 4.04. The van der Waals surface area contributed by atoms with Gasteiger partial charge in [-0.25, -0.2) is 0 Å². The lowest BCUT2D eigenvalue weighted by atomic mass is 9.88. The molecule has 0 amide bonds. The van der Waals surface area contributed by atoms with E-state index in [1.54, 1.807) is 13.0 Å². The zero-order valence-corrected chi connectivity index (χ0v) is 7.92. The van der Waals surface area contributed by atoms with Gasteiger partial charge < -0.3 is 5.11 Å². The third kappa shape index (κ3) is 2.34. The fourth-order valence-electron chi connectivity index (χ4n) is 0.811. The summed E-state index contributed by atoms with van der Waals surface area (Å²) in [5.41, 5.74) is -0.853. The Labute approximate surface area is 73.5 Å². The number of nitrogens with one attached hydrogen (secondary N) is 1. The fraction of sp³-hybridized carbons (Fsp3) is 0.667. The summed E-state index contributed by atoms with van der Waals surface area (Å²) in [6.07, 6.45) is 1.66. The molecule has 0 aromatic rings. The van der Waals surface area contributed by atoms with Crippen LogP contribution in [0.4, 0.5) is 0 Å². The summed E-state index contributed by atoms with van der Waals surface area (Å²) in [5, 5.41) is 11.9. The lowest BCUT2D eigenvalue weighted by molar-refractivity contribution is -0.145. The molecule has 2 N–H and O–H groups in total. The van der Waals surface area contributed by atoms with Gasteiger partial charge in [0.2, 0.25) is 0 Å². The third-order valence-corrected chi connectivity index (χ3v) is 2.21. The molecule has 70 valence electrons. The van der Waals surface area contributed by atoms with E-state index in [0.717, 1.165) is 0 Å². The van der Waals surface area contributed by atoms with E-state index < -0.39 is 11.5 Å². The van der Waals surface area contributed by atoms with Gasteiger partial charge in [-0.3, -0.25) is 10.1 Å². The number of rotatable bonds is 5. The van der Waals surface area contributed by atoms with Gasteiger partial charge in [-0.05, 0) is 12.8 Å². The summed E-state index contributed by atoms with van der Waals surface area (Å²) in [6, 6.07) is 0. The maximum atomic E-state index is 10.9. The smallest absolute Gasteiger partial charge is 0.323 e. The second-order valence-electron chi connectivity index (χ2n) is 3.33. The van der Waals surface area contributed by atoms with Crippen LogP contribution in [0.5, 0.6) is 0 Å². The Hall–Kier alpha value is -0.830. The van der Waals surface area contributed by atoms with E-state index in [4.69, 9.17) is 5.11 Å². The first-order chi connectivity index (χ1) is 5.45. The van der Waals surface area contributed by atoms with E-state index in [2.05, 4.69) is 11.9 Å². The maximum absolute atomic E-state index is 10.9. The highest BCUT2D eigenvalue weighted by Gasteiger charge is 2.35. The molecular weight excluding hydrogens is 154 g/mol. The predicted octanol–water partition coefficient (Wildman–Crippen LogP) is 1.26. The molecule has 12 heavy (non-hydrogen) atoms. The van der Waals surface area contributed by atoms with Gasteiger partial charge in [0.15, 0.2) is 0 Å². The summed E-state index contributed by atoms with van der Waals surface area (Å²) in [6.45, 7) is 9.48. The van der Waals surface area contributed by atoms with E-state index in [-0.39, 0.29) is 5.92 Å². The molecule has 0 rings (SSSR count). The van der Waals surface area contributed by atoms with Crippen LogP contribution in [0.2, 0.25) is 0 Å². The molecule has 0 spiro atoms. The van der Waals surface area contributed by atoms with E-state index in [1.165, 1.54) is 0 Å². The van der Waals surface area contributed by atoms with Crippen molar-refractivity contribution in [3.63, 3.8) is 0 Å². The molecule has 0 saturated heterocycles. The minimum atomic E-state index is -0.853. The molecule has 0 aromatic carbocycles. The van der Waals surface area contributed by atoms with Gasteiger partial charge in [0.1, 0.15) is 5.54 Å². The molecule has 0 heterocycles. The normalized spacial score (nSPS) is 15.7. The summed E-state index contributed by atoms with van der Waals surface area (Å²) >= 11 is 0. The Bertz CT molecular complexity index is 177. The molecule has 0 bridgehead atoms. The Morgan fingerprint density at radius 2 is 2.25 bits per heavy atom. The molecule has 0 aliphatic rings. The number of carbonyl (C=O) groups is 1. The Balaban J connectivity index is 4.39. The zero-order valence-electron chi connectivity index (χ0n) is 7.92. The van der Waals surface area contributed by atoms with Gasteiger partial charge in [0.25, 0.3) is 0 Å². The highest BCUT2D eigenvalue weighted by Crippen LogP contribution is 2.16. The van der Waals surface area contributed by atoms with Gasteiger partial charge >= 0.3 is 5.97 Å². The Kier molecular flexibility index (Phi) is 3.96. The van der Waals surface area contributed by atoms with Crippen LogP contribution in [0.1, 0.15) is 20.8 Å². The fourth-order valence-corrected chi connectivity index (χ4v) is 0.811. The van der Waals surface area contributed by atoms with Crippen molar-refractivity contribution in [3.8, 4) is 0 Å². The molecule has 1 atom stereocenters. The van der Waals surface area contributed by atoms with E-state index in [9.17, 15) is 4.79 Å². The number of carboxylic acids is 1. The zero-order chi connectivity index (χ0) is 9.78. The van der Waals surface area contributed by atoms with Gasteiger partial charge in [0.05, 0.1) is 0 Å². The minimum Gasteiger partial charge on any atom is -0.480 e. The highest BCUT2D eigenvalue weighted by molar-refractivity contribution is 5.78. The molecule has 0 aliphatic carbocycles. The molecule has 0 radical (unpaired) electrons. The summed E-state index contributed by atoms with van der Waals surface area (Å²) < 4.78 is 0. The number of aliphatic carboxylic acids is 1. The van der Waals surface area contributed by atoms with Crippen molar-refractivity contribution in [2.45, 2.75) is 26.3 Å². The third-order valence-electron chi connectivity index (χ3n) is 2.21. The molecule has 0 aliphatic heterocycles. The van der Waals surface area contributed by atoms with Crippen molar-refractivity contribution in [1.82, 2.24) is 5.32 Å². The topological polar surface area (TPSA) is 49.3 Å². The lowest BCUT2D eigenvalue weighted by Gasteiger charge is -2.29. The number of hydrogen-bond donors (Lipinski definition) is 2. The van der Waals surface area contributed by atoms with Crippen LogP contribution in [0.25, 0.3) is 0 Å². The largest absolute Gasteiger partial charge is 0.480 e. The van der Waals surface area contributed by atoms with Crippen molar-refractivity contribution in [3.05, 3.63) is 12.7 Å². The molecule has 1 unspecified atom stereocenters. The first-order valence-corrected chi connectivity index (χ1v) is 4.04. The molecule has 0 aromatic heterocycles. The van der Waals surface area contributed by atoms with Crippen LogP contribution in [-0.2, 0) is 4.79 Å². The van der Waals surface area contributed by atoms with E-state index in [0.29, 0.717) is 6.54 Å². The van der Waals surface area contributed by atoms with Crippen LogP contribution in [-0.4, -0.2) is 23.2 Å². The van der Waals surface area contributed by atoms with Crippen LogP contribution in [0.15, 0.2) is 12.7 Å². The van der Waals surface area contributed by atoms with Crippen molar-refractivity contribution < 1.29 is 9.90 Å². The van der Waals surface area contributed by atoms with Crippen molar-refractivity contribution >= 4 is 5.97 Å². The van der Waals surface area contributed by atoms with Crippen LogP contribution >= 0.6 is 0 Å². The summed E-state index contributed by atoms with van der Waals surface area (Å²) in [7, 11) is 0. The molecule has 3 nitrogen and oxygen atoms in total. The van der Waals surface area contributed by atoms with Crippen LogP contribution in [0.3, 0.4) is 0 Å². The number of carboxylic acid groups (broad SMARTS) is 1.